The molecule has 1 unspecified atom stereocenters. The number of hydrogen-bond donors (Lipinski definition) is 0. The van der Waals surface area contributed by atoms with Crippen LogP contribution < -0.4 is 0 Å². The topological polar surface area (TPSA) is 9.23 Å². The van der Waals surface area contributed by atoms with Crippen LogP contribution in [-0.2, 0) is 11.2 Å². The van der Waals surface area contributed by atoms with Gasteiger partial charge in [0, 0.05) is 11.4 Å². The third kappa shape index (κ3) is 4.32. The lowest BCUT2D eigenvalue weighted by Crippen LogP contribution is -2.33. The lowest BCUT2D eigenvalue weighted by Gasteiger charge is -2.36. The Morgan fingerprint density at radius 1 is 1.26 bits per heavy atom. The highest BCUT2D eigenvalue weighted by atomic mass is 79.9. The molecule has 2 rings (SSSR count). The van der Waals surface area contributed by atoms with Gasteiger partial charge < -0.3 is 4.74 Å². The Kier molecular flexibility index (Phi) is 5.47. The van der Waals surface area contributed by atoms with Gasteiger partial charge in [-0.25, -0.2) is 0 Å². The highest BCUT2D eigenvalue weighted by molar-refractivity contribution is 9.09. The number of benzene rings is 1. The van der Waals surface area contributed by atoms with Crippen molar-refractivity contribution >= 4 is 15.9 Å². The normalized spacial score (nSPS) is 24.0. The maximum Gasteiger partial charge on any atom is 0.0580 e. The molecule has 0 saturated heterocycles. The third-order valence-corrected chi connectivity index (χ3v) is 4.91. The van der Waals surface area contributed by atoms with Gasteiger partial charge >= 0.3 is 0 Å². The summed E-state index contributed by atoms with van der Waals surface area (Å²) in [7, 11) is 0. The minimum atomic E-state index is 0.538. The second-order valence-corrected chi connectivity index (χ2v) is 7.17. The molecule has 0 aliphatic heterocycles. The molecule has 0 spiro atoms. The maximum atomic E-state index is 5.62. The number of rotatable bonds is 6. The molecule has 0 aromatic heterocycles. The fraction of sp³-hybridized carbons (Fsp3) is 0.647. The van der Waals surface area contributed by atoms with Crippen molar-refractivity contribution in [3.8, 4) is 0 Å². The smallest absolute Gasteiger partial charge is 0.0580 e. The molecule has 1 fully saturated rings. The predicted octanol–water partition coefficient (Wildman–Crippen LogP) is 4.81. The van der Waals surface area contributed by atoms with Crippen molar-refractivity contribution in [3.63, 3.8) is 0 Å². The summed E-state index contributed by atoms with van der Waals surface area (Å²) < 4.78 is 5.62. The van der Waals surface area contributed by atoms with Crippen LogP contribution in [0.5, 0.6) is 0 Å². The summed E-state index contributed by atoms with van der Waals surface area (Å²) in [6.45, 7) is 7.31. The molecule has 19 heavy (non-hydrogen) atoms. The van der Waals surface area contributed by atoms with Crippen molar-refractivity contribution in [2.75, 3.05) is 6.61 Å². The van der Waals surface area contributed by atoms with Crippen molar-refractivity contribution in [1.29, 1.82) is 0 Å². The summed E-state index contributed by atoms with van der Waals surface area (Å²) in [6.07, 6.45) is 5.45. The van der Waals surface area contributed by atoms with Gasteiger partial charge in [0.25, 0.3) is 0 Å². The van der Waals surface area contributed by atoms with Crippen LogP contribution in [0.4, 0.5) is 0 Å². The molecule has 106 valence electrons. The molecular weight excluding hydrogens is 300 g/mol. The highest BCUT2D eigenvalue weighted by Crippen LogP contribution is 2.35. The van der Waals surface area contributed by atoms with Crippen LogP contribution in [0, 0.1) is 19.8 Å². The van der Waals surface area contributed by atoms with Crippen LogP contribution in [-0.4, -0.2) is 17.5 Å². The summed E-state index contributed by atoms with van der Waals surface area (Å²) in [4.78, 5) is 0.599. The van der Waals surface area contributed by atoms with E-state index in [1.54, 1.807) is 0 Å². The van der Waals surface area contributed by atoms with Crippen LogP contribution in [0.25, 0.3) is 0 Å². The Hall–Kier alpha value is -0.340. The molecule has 0 amide bonds. The molecule has 0 N–H and O–H groups in total. The SMILES string of the molecule is CCOC1CC(CC(Br)Cc2ccc(C)c(C)c2)C1. The van der Waals surface area contributed by atoms with Gasteiger partial charge in [0.15, 0.2) is 0 Å². The fourth-order valence-corrected chi connectivity index (χ4v) is 3.77. The average molecular weight is 325 g/mol. The number of ether oxygens (including phenoxy) is 1. The Morgan fingerprint density at radius 3 is 2.63 bits per heavy atom. The van der Waals surface area contributed by atoms with Gasteiger partial charge in [-0.3, -0.25) is 0 Å². The Bertz CT molecular complexity index is 410. The van der Waals surface area contributed by atoms with E-state index in [2.05, 4.69) is 54.9 Å². The number of aryl methyl sites for hydroxylation is 2. The lowest BCUT2D eigenvalue weighted by molar-refractivity contribution is -0.0263. The second kappa shape index (κ2) is 6.90. The van der Waals surface area contributed by atoms with E-state index < -0.39 is 0 Å². The van der Waals surface area contributed by atoms with E-state index in [1.807, 2.05) is 0 Å². The summed E-state index contributed by atoms with van der Waals surface area (Å²) >= 11 is 3.85. The number of hydrogen-bond acceptors (Lipinski definition) is 1. The molecule has 1 aliphatic rings. The highest BCUT2D eigenvalue weighted by Gasteiger charge is 2.30. The van der Waals surface area contributed by atoms with E-state index in [4.69, 9.17) is 4.74 Å². The standard InChI is InChI=1S/C17H25BrO/c1-4-19-17-10-15(11-17)9-16(18)8-14-6-5-12(2)13(3)7-14/h5-7,15-17H,4,8-11H2,1-3H3. The number of alkyl halides is 1. The molecule has 0 bridgehead atoms. The van der Waals surface area contributed by atoms with Gasteiger partial charge in [-0.05, 0) is 69.1 Å². The third-order valence-electron chi connectivity index (χ3n) is 4.21. The van der Waals surface area contributed by atoms with Gasteiger partial charge in [-0.15, -0.1) is 0 Å². The molecule has 1 saturated carbocycles. The molecule has 1 aromatic rings. The minimum absolute atomic E-state index is 0.538. The molecule has 1 aliphatic carbocycles. The molecule has 1 atom stereocenters. The van der Waals surface area contributed by atoms with Crippen molar-refractivity contribution in [3.05, 3.63) is 34.9 Å². The van der Waals surface area contributed by atoms with Gasteiger partial charge in [-0.1, -0.05) is 34.1 Å². The van der Waals surface area contributed by atoms with Crippen molar-refractivity contribution < 1.29 is 4.74 Å². The van der Waals surface area contributed by atoms with Crippen LogP contribution >= 0.6 is 15.9 Å². The first-order valence-electron chi connectivity index (χ1n) is 7.40. The summed E-state index contributed by atoms with van der Waals surface area (Å²) in [6, 6.07) is 6.83. The average Bonchev–Trinajstić information content (AvgIpc) is 2.31. The molecular formula is C17H25BrO. The molecule has 2 heteroatoms. The van der Waals surface area contributed by atoms with E-state index in [0.29, 0.717) is 10.9 Å². The quantitative estimate of drug-likeness (QED) is 0.682. The first-order valence-corrected chi connectivity index (χ1v) is 8.31. The van der Waals surface area contributed by atoms with Gasteiger partial charge in [0.05, 0.1) is 6.10 Å². The monoisotopic (exact) mass is 324 g/mol. The lowest BCUT2D eigenvalue weighted by atomic mass is 9.78. The summed E-state index contributed by atoms with van der Waals surface area (Å²) in [5.74, 6) is 0.854. The maximum absolute atomic E-state index is 5.62. The van der Waals surface area contributed by atoms with Crippen molar-refractivity contribution in [2.45, 2.75) is 57.4 Å². The Balaban J connectivity index is 1.75. The van der Waals surface area contributed by atoms with Crippen molar-refractivity contribution in [1.82, 2.24) is 0 Å². The van der Waals surface area contributed by atoms with Crippen LogP contribution in [0.1, 0.15) is 42.9 Å². The summed E-state index contributed by atoms with van der Waals surface area (Å²) in [5.41, 5.74) is 4.23. The van der Waals surface area contributed by atoms with E-state index in [-0.39, 0.29) is 0 Å². The van der Waals surface area contributed by atoms with Crippen molar-refractivity contribution in [2.24, 2.45) is 5.92 Å². The number of halogens is 1. The molecule has 1 nitrogen and oxygen atoms in total. The van der Waals surface area contributed by atoms with Gasteiger partial charge in [0.1, 0.15) is 0 Å². The van der Waals surface area contributed by atoms with E-state index in [0.717, 1.165) is 18.9 Å². The molecule has 0 radical (unpaired) electrons. The van der Waals surface area contributed by atoms with E-state index in [1.165, 1.54) is 36.0 Å². The van der Waals surface area contributed by atoms with Crippen LogP contribution in [0.15, 0.2) is 18.2 Å². The molecule has 1 aromatic carbocycles. The Morgan fingerprint density at radius 2 is 2.00 bits per heavy atom. The van der Waals surface area contributed by atoms with Crippen LogP contribution in [0.2, 0.25) is 0 Å². The minimum Gasteiger partial charge on any atom is -0.378 e. The fourth-order valence-electron chi connectivity index (χ4n) is 2.87. The first-order chi connectivity index (χ1) is 9.08. The zero-order valence-corrected chi connectivity index (χ0v) is 13.9. The molecule has 0 heterocycles. The Labute approximate surface area is 125 Å². The van der Waals surface area contributed by atoms with Crippen LogP contribution in [0.3, 0.4) is 0 Å². The second-order valence-electron chi connectivity index (χ2n) is 5.87. The zero-order chi connectivity index (χ0) is 13.8. The van der Waals surface area contributed by atoms with E-state index in [9.17, 15) is 0 Å². The predicted molar refractivity (Wildman–Crippen MR) is 85.1 cm³/mol. The first kappa shape index (κ1) is 15.1. The van der Waals surface area contributed by atoms with Gasteiger partial charge in [-0.2, -0.15) is 0 Å². The van der Waals surface area contributed by atoms with Gasteiger partial charge in [0.2, 0.25) is 0 Å². The largest absolute Gasteiger partial charge is 0.378 e. The van der Waals surface area contributed by atoms with E-state index >= 15 is 0 Å². The zero-order valence-electron chi connectivity index (χ0n) is 12.3. The summed E-state index contributed by atoms with van der Waals surface area (Å²) in [5, 5.41) is 0.